The van der Waals surface area contributed by atoms with Gasteiger partial charge in [0, 0.05) is 22.5 Å². The van der Waals surface area contributed by atoms with E-state index in [2.05, 4.69) is 23.7 Å². The van der Waals surface area contributed by atoms with E-state index in [0.717, 1.165) is 24.4 Å². The van der Waals surface area contributed by atoms with Gasteiger partial charge in [0.1, 0.15) is 11.8 Å². The minimum Gasteiger partial charge on any atom is -0.497 e. The average molecular weight is 317 g/mol. The molecule has 0 bridgehead atoms. The van der Waals surface area contributed by atoms with Crippen molar-refractivity contribution in [3.05, 3.63) is 46.2 Å². The second kappa shape index (κ2) is 6.50. The number of rotatable bonds is 4. The predicted molar refractivity (Wildman–Crippen MR) is 88.8 cm³/mol. The molecule has 0 fully saturated rings. The van der Waals surface area contributed by atoms with E-state index in [1.807, 2.05) is 35.6 Å². The van der Waals surface area contributed by atoms with Crippen molar-refractivity contribution in [2.45, 2.75) is 19.4 Å². The lowest BCUT2D eigenvalue weighted by atomic mass is 10.0. The molecule has 2 aromatic rings. The van der Waals surface area contributed by atoms with Crippen LogP contribution in [0.2, 0.25) is 0 Å². The normalized spacial score (nSPS) is 20.3. The maximum Gasteiger partial charge on any atom is 0.279 e. The van der Waals surface area contributed by atoms with E-state index in [9.17, 15) is 4.79 Å². The Kier molecular flexibility index (Phi) is 4.45. The Labute approximate surface area is 134 Å². The van der Waals surface area contributed by atoms with E-state index in [-0.39, 0.29) is 5.91 Å². The molecule has 2 heterocycles. The molecule has 0 radical (unpaired) electrons. The lowest BCUT2D eigenvalue weighted by Crippen LogP contribution is -3.14. The summed E-state index contributed by atoms with van der Waals surface area (Å²) in [7, 11) is 1.63. The molecule has 5 heteroatoms. The van der Waals surface area contributed by atoms with Crippen LogP contribution < -0.4 is 15.0 Å². The fraction of sp³-hybridized carbons (Fsp3) is 0.353. The first-order chi connectivity index (χ1) is 10.7. The van der Waals surface area contributed by atoms with Crippen LogP contribution in [0, 0.1) is 0 Å². The van der Waals surface area contributed by atoms with Gasteiger partial charge in [-0.1, -0.05) is 0 Å². The summed E-state index contributed by atoms with van der Waals surface area (Å²) in [5.41, 5.74) is 2.22. The van der Waals surface area contributed by atoms with Crippen LogP contribution in [-0.2, 0) is 11.2 Å². The number of carbonyl (C=O) groups excluding carboxylic acids is 1. The summed E-state index contributed by atoms with van der Waals surface area (Å²) < 4.78 is 5.12. The van der Waals surface area contributed by atoms with Gasteiger partial charge in [-0.25, -0.2) is 0 Å². The lowest BCUT2D eigenvalue weighted by Gasteiger charge is -2.29. The summed E-state index contributed by atoms with van der Waals surface area (Å²) in [5, 5.41) is 5.12. The molecule has 1 amide bonds. The van der Waals surface area contributed by atoms with Crippen LogP contribution in [0.25, 0.3) is 0 Å². The Hall–Kier alpha value is -1.85. The fourth-order valence-electron chi connectivity index (χ4n) is 2.98. The summed E-state index contributed by atoms with van der Waals surface area (Å²) in [5.74, 6) is 0.851. The summed E-state index contributed by atoms with van der Waals surface area (Å²) in [6.07, 6.45) is 1.07. The predicted octanol–water partition coefficient (Wildman–Crippen LogP) is 1.90. The fourth-order valence-corrected chi connectivity index (χ4v) is 3.96. The quantitative estimate of drug-likeness (QED) is 0.904. The third kappa shape index (κ3) is 3.15. The average Bonchev–Trinajstić information content (AvgIpc) is 3.00. The number of methoxy groups -OCH3 is 1. The van der Waals surface area contributed by atoms with Gasteiger partial charge in [-0.05, 0) is 42.6 Å². The SMILES string of the molecule is COc1ccc(NC(=O)C[NH+]2CCc3sccc3[C@H]2C)cc1. The van der Waals surface area contributed by atoms with Gasteiger partial charge in [0.25, 0.3) is 5.91 Å². The van der Waals surface area contributed by atoms with Crippen molar-refractivity contribution in [2.24, 2.45) is 0 Å². The van der Waals surface area contributed by atoms with Crippen LogP contribution in [0.3, 0.4) is 0 Å². The van der Waals surface area contributed by atoms with Gasteiger partial charge >= 0.3 is 0 Å². The Bertz CT molecular complexity index is 651. The van der Waals surface area contributed by atoms with Crippen molar-refractivity contribution >= 4 is 22.9 Å². The van der Waals surface area contributed by atoms with Crippen LogP contribution in [-0.4, -0.2) is 26.1 Å². The van der Waals surface area contributed by atoms with Gasteiger partial charge < -0.3 is 15.0 Å². The molecule has 0 saturated carbocycles. The van der Waals surface area contributed by atoms with E-state index in [1.54, 1.807) is 7.11 Å². The highest BCUT2D eigenvalue weighted by Gasteiger charge is 2.29. The molecule has 0 saturated heterocycles. The molecule has 3 rings (SSSR count). The molecule has 2 atom stereocenters. The third-order valence-electron chi connectivity index (χ3n) is 4.29. The van der Waals surface area contributed by atoms with Crippen molar-refractivity contribution in [3.63, 3.8) is 0 Å². The van der Waals surface area contributed by atoms with Crippen LogP contribution in [0.1, 0.15) is 23.4 Å². The van der Waals surface area contributed by atoms with Gasteiger partial charge in [-0.15, -0.1) is 11.3 Å². The van der Waals surface area contributed by atoms with Crippen molar-refractivity contribution in [2.75, 3.05) is 25.5 Å². The van der Waals surface area contributed by atoms with Gasteiger partial charge in [0.2, 0.25) is 0 Å². The molecule has 1 aromatic carbocycles. The molecular formula is C17H21N2O2S+. The molecule has 22 heavy (non-hydrogen) atoms. The van der Waals surface area contributed by atoms with Crippen molar-refractivity contribution in [1.29, 1.82) is 0 Å². The largest absolute Gasteiger partial charge is 0.497 e. The number of anilines is 1. The Morgan fingerprint density at radius 2 is 2.14 bits per heavy atom. The first kappa shape index (κ1) is 15.1. The van der Waals surface area contributed by atoms with Gasteiger partial charge in [0.15, 0.2) is 6.54 Å². The summed E-state index contributed by atoms with van der Waals surface area (Å²) in [6.45, 7) is 3.73. The first-order valence-corrected chi connectivity index (χ1v) is 8.40. The minimum atomic E-state index is 0.0608. The topological polar surface area (TPSA) is 42.8 Å². The lowest BCUT2D eigenvalue weighted by molar-refractivity contribution is -0.923. The number of hydrogen-bond acceptors (Lipinski definition) is 3. The van der Waals surface area contributed by atoms with Gasteiger partial charge in [0.05, 0.1) is 13.7 Å². The summed E-state index contributed by atoms with van der Waals surface area (Å²) in [6, 6.07) is 10.0. The summed E-state index contributed by atoms with van der Waals surface area (Å²) >= 11 is 1.83. The third-order valence-corrected chi connectivity index (χ3v) is 5.29. The number of amides is 1. The van der Waals surface area contributed by atoms with E-state index in [1.165, 1.54) is 15.3 Å². The van der Waals surface area contributed by atoms with Crippen molar-refractivity contribution < 1.29 is 14.4 Å². The maximum atomic E-state index is 12.3. The minimum absolute atomic E-state index is 0.0608. The first-order valence-electron chi connectivity index (χ1n) is 7.52. The second-order valence-corrected chi connectivity index (χ2v) is 6.63. The molecule has 1 unspecified atom stereocenters. The number of benzene rings is 1. The maximum absolute atomic E-state index is 12.3. The zero-order valence-corrected chi connectivity index (χ0v) is 13.7. The van der Waals surface area contributed by atoms with Crippen molar-refractivity contribution in [1.82, 2.24) is 0 Å². The van der Waals surface area contributed by atoms with Crippen LogP contribution in [0.5, 0.6) is 5.75 Å². The Balaban J connectivity index is 1.60. The molecule has 116 valence electrons. The smallest absolute Gasteiger partial charge is 0.279 e. The molecule has 1 aromatic heterocycles. The molecule has 4 nitrogen and oxygen atoms in total. The molecule has 0 aliphatic carbocycles. The summed E-state index contributed by atoms with van der Waals surface area (Å²) in [4.78, 5) is 15.1. The number of quaternary nitrogens is 1. The van der Waals surface area contributed by atoms with Crippen molar-refractivity contribution in [3.8, 4) is 5.75 Å². The molecule has 1 aliphatic rings. The Morgan fingerprint density at radius 1 is 1.36 bits per heavy atom. The molecular weight excluding hydrogens is 296 g/mol. The number of nitrogens with one attached hydrogen (secondary N) is 2. The number of hydrogen-bond donors (Lipinski definition) is 2. The van der Waals surface area contributed by atoms with E-state index >= 15 is 0 Å². The zero-order valence-electron chi connectivity index (χ0n) is 12.9. The van der Waals surface area contributed by atoms with Gasteiger partial charge in [-0.3, -0.25) is 4.79 Å². The highest BCUT2D eigenvalue weighted by atomic mass is 32.1. The van der Waals surface area contributed by atoms with Crippen LogP contribution in [0.4, 0.5) is 5.69 Å². The van der Waals surface area contributed by atoms with E-state index in [0.29, 0.717) is 12.6 Å². The monoisotopic (exact) mass is 317 g/mol. The second-order valence-electron chi connectivity index (χ2n) is 5.63. The van der Waals surface area contributed by atoms with Crippen LogP contribution in [0.15, 0.2) is 35.7 Å². The Morgan fingerprint density at radius 3 is 2.86 bits per heavy atom. The van der Waals surface area contributed by atoms with E-state index in [4.69, 9.17) is 4.74 Å². The number of thiophene rings is 1. The van der Waals surface area contributed by atoms with Crippen LogP contribution >= 0.6 is 11.3 Å². The highest BCUT2D eigenvalue weighted by molar-refractivity contribution is 7.10. The van der Waals surface area contributed by atoms with E-state index < -0.39 is 0 Å². The molecule has 0 spiro atoms. The zero-order chi connectivity index (χ0) is 15.5. The van der Waals surface area contributed by atoms with Gasteiger partial charge in [-0.2, -0.15) is 0 Å². The molecule has 2 N–H and O–H groups in total. The molecule has 1 aliphatic heterocycles. The number of ether oxygens (including phenoxy) is 1. The highest BCUT2D eigenvalue weighted by Crippen LogP contribution is 2.24. The number of carbonyl (C=O) groups is 1. The number of fused-ring (bicyclic) bond motifs is 1. The standard InChI is InChI=1S/C17H20N2O2S/c1-12-15-8-10-22-16(15)7-9-19(12)11-17(20)18-13-3-5-14(21-2)6-4-13/h3-6,8,10,12H,7,9,11H2,1-2H3,(H,18,20)/p+1/t12-/m1/s1.